The summed E-state index contributed by atoms with van der Waals surface area (Å²) in [5.41, 5.74) is 0. The molecule has 1 aliphatic rings. The van der Waals surface area contributed by atoms with Gasteiger partial charge in [-0.1, -0.05) is 63.5 Å². The molecule has 0 aromatic carbocycles. The first-order valence-electron chi connectivity index (χ1n) is 8.56. The van der Waals surface area contributed by atoms with Crippen LogP contribution in [0.3, 0.4) is 0 Å². The highest BCUT2D eigenvalue weighted by atomic mass is 16.5. The molecule has 20 heavy (non-hydrogen) atoms. The molecule has 0 aromatic heterocycles. The Balaban J connectivity index is 1.72. The lowest BCUT2D eigenvalue weighted by Gasteiger charge is -2.06. The van der Waals surface area contributed by atoms with E-state index in [0.717, 1.165) is 12.3 Å². The van der Waals surface area contributed by atoms with Gasteiger partial charge < -0.3 is 4.74 Å². The van der Waals surface area contributed by atoms with Crippen molar-refractivity contribution in [2.24, 2.45) is 5.92 Å². The molecule has 1 aliphatic carbocycles. The second-order valence-electron chi connectivity index (χ2n) is 6.06. The van der Waals surface area contributed by atoms with E-state index in [1.165, 1.54) is 77.7 Å². The molecule has 116 valence electrons. The van der Waals surface area contributed by atoms with Crippen molar-refractivity contribution < 1.29 is 9.53 Å². The van der Waals surface area contributed by atoms with Crippen LogP contribution in [0.15, 0.2) is 12.2 Å². The summed E-state index contributed by atoms with van der Waals surface area (Å²) in [5, 5.41) is 0. The molecule has 0 amide bonds. The van der Waals surface area contributed by atoms with E-state index >= 15 is 0 Å². The fourth-order valence-electron chi connectivity index (χ4n) is 2.95. The molecule has 0 aromatic rings. The SMILES string of the molecule is COC(=O)CCCCCCCCCCCC1C=CCC1. The molecule has 0 N–H and O–H groups in total. The summed E-state index contributed by atoms with van der Waals surface area (Å²) in [7, 11) is 1.46. The van der Waals surface area contributed by atoms with Gasteiger partial charge in [-0.25, -0.2) is 0 Å². The minimum absolute atomic E-state index is 0.0675. The monoisotopic (exact) mass is 280 g/mol. The van der Waals surface area contributed by atoms with Gasteiger partial charge in [0.25, 0.3) is 0 Å². The molecular formula is C18H32O2. The first kappa shape index (κ1) is 17.3. The van der Waals surface area contributed by atoms with Crippen molar-refractivity contribution in [1.29, 1.82) is 0 Å². The molecule has 0 radical (unpaired) electrons. The second kappa shape index (κ2) is 12.0. The van der Waals surface area contributed by atoms with Crippen LogP contribution in [0.4, 0.5) is 0 Å². The number of hydrogen-bond donors (Lipinski definition) is 0. The van der Waals surface area contributed by atoms with Crippen LogP contribution in [0.5, 0.6) is 0 Å². The Labute approximate surface area is 125 Å². The summed E-state index contributed by atoms with van der Waals surface area (Å²) in [6, 6.07) is 0. The summed E-state index contributed by atoms with van der Waals surface area (Å²) in [5.74, 6) is 0.826. The van der Waals surface area contributed by atoms with Crippen molar-refractivity contribution in [3.63, 3.8) is 0 Å². The van der Waals surface area contributed by atoms with Gasteiger partial charge in [-0.05, 0) is 31.6 Å². The zero-order chi connectivity index (χ0) is 14.5. The molecule has 0 heterocycles. The molecule has 2 nitrogen and oxygen atoms in total. The molecule has 0 fully saturated rings. The van der Waals surface area contributed by atoms with E-state index in [9.17, 15) is 4.79 Å². The van der Waals surface area contributed by atoms with Gasteiger partial charge in [-0.15, -0.1) is 0 Å². The van der Waals surface area contributed by atoms with Crippen LogP contribution >= 0.6 is 0 Å². The van der Waals surface area contributed by atoms with Gasteiger partial charge in [0, 0.05) is 6.42 Å². The molecule has 0 bridgehead atoms. The molecule has 2 heteroatoms. The van der Waals surface area contributed by atoms with Crippen LogP contribution in [0.2, 0.25) is 0 Å². The molecule has 0 saturated carbocycles. The Morgan fingerprint density at radius 3 is 2.15 bits per heavy atom. The van der Waals surface area contributed by atoms with E-state index in [2.05, 4.69) is 16.9 Å². The van der Waals surface area contributed by atoms with Crippen LogP contribution < -0.4 is 0 Å². The van der Waals surface area contributed by atoms with Gasteiger partial charge in [0.2, 0.25) is 0 Å². The number of allylic oxidation sites excluding steroid dienone is 2. The molecule has 1 atom stereocenters. The minimum atomic E-state index is -0.0675. The van der Waals surface area contributed by atoms with E-state index < -0.39 is 0 Å². The summed E-state index contributed by atoms with van der Waals surface area (Å²) >= 11 is 0. The highest BCUT2D eigenvalue weighted by molar-refractivity contribution is 5.68. The first-order chi connectivity index (χ1) is 9.83. The summed E-state index contributed by atoms with van der Waals surface area (Å²) in [4.78, 5) is 10.9. The van der Waals surface area contributed by atoms with Crippen molar-refractivity contribution in [1.82, 2.24) is 0 Å². The maximum atomic E-state index is 10.9. The largest absolute Gasteiger partial charge is 0.469 e. The van der Waals surface area contributed by atoms with Crippen LogP contribution in [0.1, 0.15) is 83.5 Å². The van der Waals surface area contributed by atoms with Gasteiger partial charge in [-0.3, -0.25) is 4.79 Å². The number of methoxy groups -OCH3 is 1. The second-order valence-corrected chi connectivity index (χ2v) is 6.06. The molecule has 0 spiro atoms. The van der Waals surface area contributed by atoms with Gasteiger partial charge >= 0.3 is 5.97 Å². The molecule has 1 rings (SSSR count). The van der Waals surface area contributed by atoms with Gasteiger partial charge in [0.1, 0.15) is 0 Å². The van der Waals surface area contributed by atoms with Gasteiger partial charge in [0.15, 0.2) is 0 Å². The third-order valence-corrected chi connectivity index (χ3v) is 4.30. The zero-order valence-electron chi connectivity index (χ0n) is 13.2. The van der Waals surface area contributed by atoms with Gasteiger partial charge in [0.05, 0.1) is 7.11 Å². The number of carbonyl (C=O) groups is 1. The van der Waals surface area contributed by atoms with Crippen LogP contribution in [0.25, 0.3) is 0 Å². The Bertz CT molecular complexity index is 271. The average molecular weight is 280 g/mol. The smallest absolute Gasteiger partial charge is 0.305 e. The van der Waals surface area contributed by atoms with E-state index in [1.54, 1.807) is 0 Å². The average Bonchev–Trinajstić information content (AvgIpc) is 2.97. The third-order valence-electron chi connectivity index (χ3n) is 4.30. The number of esters is 1. The van der Waals surface area contributed by atoms with Crippen LogP contribution in [-0.2, 0) is 9.53 Å². The van der Waals surface area contributed by atoms with E-state index in [1.807, 2.05) is 0 Å². The fourth-order valence-corrected chi connectivity index (χ4v) is 2.95. The lowest BCUT2D eigenvalue weighted by atomic mass is 9.99. The standard InChI is InChI=1S/C18H32O2/c1-20-18(19)16-10-8-6-4-2-3-5-7-9-13-17-14-11-12-15-17/h11,14,17H,2-10,12-13,15-16H2,1H3. The predicted molar refractivity (Wildman–Crippen MR) is 84.7 cm³/mol. The third kappa shape index (κ3) is 9.17. The van der Waals surface area contributed by atoms with Gasteiger partial charge in [-0.2, -0.15) is 0 Å². The van der Waals surface area contributed by atoms with Crippen molar-refractivity contribution in [3.05, 3.63) is 12.2 Å². The zero-order valence-corrected chi connectivity index (χ0v) is 13.2. The van der Waals surface area contributed by atoms with E-state index in [-0.39, 0.29) is 5.97 Å². The molecule has 0 saturated heterocycles. The molecule has 1 unspecified atom stereocenters. The predicted octanol–water partition coefficient (Wildman–Crippen LogP) is 5.42. The molecular weight excluding hydrogens is 248 g/mol. The number of ether oxygens (including phenoxy) is 1. The van der Waals surface area contributed by atoms with Crippen molar-refractivity contribution in [2.75, 3.05) is 7.11 Å². The summed E-state index contributed by atoms with van der Waals surface area (Å²) < 4.78 is 4.63. The quantitative estimate of drug-likeness (QED) is 0.271. The Morgan fingerprint density at radius 1 is 1.00 bits per heavy atom. The maximum Gasteiger partial charge on any atom is 0.305 e. The summed E-state index contributed by atoms with van der Waals surface area (Å²) in [6.45, 7) is 0. The Hall–Kier alpha value is -0.790. The lowest BCUT2D eigenvalue weighted by molar-refractivity contribution is -0.140. The van der Waals surface area contributed by atoms with Crippen molar-refractivity contribution >= 4 is 5.97 Å². The molecule has 0 aliphatic heterocycles. The van der Waals surface area contributed by atoms with Crippen molar-refractivity contribution in [3.8, 4) is 0 Å². The Kier molecular flexibility index (Phi) is 10.3. The minimum Gasteiger partial charge on any atom is -0.469 e. The van der Waals surface area contributed by atoms with E-state index in [0.29, 0.717) is 6.42 Å². The van der Waals surface area contributed by atoms with Crippen molar-refractivity contribution in [2.45, 2.75) is 83.5 Å². The number of hydrogen-bond acceptors (Lipinski definition) is 2. The first-order valence-corrected chi connectivity index (χ1v) is 8.56. The Morgan fingerprint density at radius 2 is 1.60 bits per heavy atom. The maximum absolute atomic E-state index is 10.9. The fraction of sp³-hybridized carbons (Fsp3) is 0.833. The number of unbranched alkanes of at least 4 members (excludes halogenated alkanes) is 8. The summed E-state index contributed by atoms with van der Waals surface area (Å²) in [6.07, 6.45) is 21.2. The highest BCUT2D eigenvalue weighted by Crippen LogP contribution is 2.23. The van der Waals surface area contributed by atoms with E-state index in [4.69, 9.17) is 0 Å². The number of rotatable bonds is 12. The lowest BCUT2D eigenvalue weighted by Crippen LogP contribution is -1.99. The van der Waals surface area contributed by atoms with Crippen LogP contribution in [-0.4, -0.2) is 13.1 Å². The normalized spacial score (nSPS) is 17.6. The van der Waals surface area contributed by atoms with Crippen LogP contribution in [0, 0.1) is 5.92 Å². The topological polar surface area (TPSA) is 26.3 Å². The number of carbonyl (C=O) groups excluding carboxylic acids is 1. The highest BCUT2D eigenvalue weighted by Gasteiger charge is 2.07.